The summed E-state index contributed by atoms with van der Waals surface area (Å²) in [6.45, 7) is 0. The molecule has 126 valence electrons. The molecule has 1 heterocycles. The van der Waals surface area contributed by atoms with Crippen molar-refractivity contribution in [1.29, 1.82) is 0 Å². The van der Waals surface area contributed by atoms with Crippen LogP contribution in [0, 0.1) is 0 Å². The number of ether oxygens (including phenoxy) is 1. The lowest BCUT2D eigenvalue weighted by Gasteiger charge is -2.28. The van der Waals surface area contributed by atoms with E-state index in [2.05, 4.69) is 15.3 Å². The number of nitrogens with two attached hydrogens (primary N) is 1. The van der Waals surface area contributed by atoms with Crippen LogP contribution in [0.4, 0.5) is 5.95 Å². The summed E-state index contributed by atoms with van der Waals surface area (Å²) in [5, 5.41) is 3.09. The molecule has 1 aromatic carbocycles. The summed E-state index contributed by atoms with van der Waals surface area (Å²) in [6, 6.07) is 9.69. The lowest BCUT2D eigenvalue weighted by atomic mass is 9.92. The van der Waals surface area contributed by atoms with E-state index in [0.29, 0.717) is 17.4 Å². The van der Waals surface area contributed by atoms with Gasteiger partial charge in [-0.25, -0.2) is 9.97 Å². The molecule has 1 amide bonds. The monoisotopic (exact) mass is 326 g/mol. The van der Waals surface area contributed by atoms with Crippen molar-refractivity contribution in [2.45, 2.75) is 37.8 Å². The Bertz CT molecular complexity index is 697. The average Bonchev–Trinajstić information content (AvgIpc) is 2.63. The molecule has 24 heavy (non-hydrogen) atoms. The number of nitrogen functional groups attached to an aromatic ring is 1. The second-order valence-corrected chi connectivity index (χ2v) is 6.04. The van der Waals surface area contributed by atoms with Crippen LogP contribution in [0.25, 0.3) is 11.3 Å². The quantitative estimate of drug-likeness (QED) is 0.900. The number of rotatable bonds is 4. The third kappa shape index (κ3) is 3.71. The minimum atomic E-state index is -0.158. The van der Waals surface area contributed by atoms with Gasteiger partial charge in [0.15, 0.2) is 0 Å². The second kappa shape index (κ2) is 7.40. The van der Waals surface area contributed by atoms with E-state index in [1.807, 2.05) is 30.3 Å². The maximum Gasteiger partial charge on any atom is 0.255 e. The van der Waals surface area contributed by atoms with Gasteiger partial charge in [0.25, 0.3) is 5.91 Å². The van der Waals surface area contributed by atoms with E-state index in [1.54, 1.807) is 7.11 Å². The molecule has 1 aliphatic carbocycles. The van der Waals surface area contributed by atoms with Gasteiger partial charge in [-0.1, -0.05) is 30.3 Å². The van der Waals surface area contributed by atoms with Crippen molar-refractivity contribution >= 4 is 11.9 Å². The molecule has 3 N–H and O–H groups in total. The van der Waals surface area contributed by atoms with Crippen molar-refractivity contribution in [1.82, 2.24) is 15.3 Å². The topological polar surface area (TPSA) is 90.1 Å². The van der Waals surface area contributed by atoms with Crippen molar-refractivity contribution in [2.75, 3.05) is 12.8 Å². The van der Waals surface area contributed by atoms with Crippen molar-refractivity contribution in [3.63, 3.8) is 0 Å². The van der Waals surface area contributed by atoms with Gasteiger partial charge >= 0.3 is 0 Å². The first-order valence-corrected chi connectivity index (χ1v) is 8.19. The van der Waals surface area contributed by atoms with E-state index in [4.69, 9.17) is 10.5 Å². The molecule has 0 bridgehead atoms. The largest absolute Gasteiger partial charge is 0.381 e. The van der Waals surface area contributed by atoms with Crippen molar-refractivity contribution in [3.05, 3.63) is 42.1 Å². The van der Waals surface area contributed by atoms with Gasteiger partial charge < -0.3 is 15.8 Å². The summed E-state index contributed by atoms with van der Waals surface area (Å²) in [6.07, 6.45) is 5.57. The molecular formula is C18H22N4O2. The fourth-order valence-corrected chi connectivity index (χ4v) is 3.08. The van der Waals surface area contributed by atoms with Crippen LogP contribution in [0.3, 0.4) is 0 Å². The number of methoxy groups -OCH3 is 1. The Hall–Kier alpha value is -2.47. The van der Waals surface area contributed by atoms with Gasteiger partial charge in [0.1, 0.15) is 0 Å². The summed E-state index contributed by atoms with van der Waals surface area (Å²) in [7, 11) is 1.74. The number of anilines is 1. The van der Waals surface area contributed by atoms with Gasteiger partial charge in [-0.15, -0.1) is 0 Å². The van der Waals surface area contributed by atoms with Crippen LogP contribution in [0.5, 0.6) is 0 Å². The summed E-state index contributed by atoms with van der Waals surface area (Å²) in [5.74, 6) is 0.000672. The molecule has 1 aromatic heterocycles. The Kier molecular flexibility index (Phi) is 5.05. The van der Waals surface area contributed by atoms with Crippen LogP contribution < -0.4 is 11.1 Å². The molecule has 1 aliphatic rings. The Morgan fingerprint density at radius 2 is 1.92 bits per heavy atom. The van der Waals surface area contributed by atoms with Crippen LogP contribution in [0.1, 0.15) is 36.0 Å². The number of hydrogen-bond acceptors (Lipinski definition) is 5. The first kappa shape index (κ1) is 16.4. The zero-order chi connectivity index (χ0) is 16.9. The summed E-state index contributed by atoms with van der Waals surface area (Å²) < 4.78 is 5.37. The number of aromatic nitrogens is 2. The molecule has 0 saturated heterocycles. The second-order valence-electron chi connectivity index (χ2n) is 6.04. The van der Waals surface area contributed by atoms with E-state index in [9.17, 15) is 4.79 Å². The van der Waals surface area contributed by atoms with Crippen LogP contribution in [-0.2, 0) is 4.74 Å². The highest BCUT2D eigenvalue weighted by Crippen LogP contribution is 2.24. The highest BCUT2D eigenvalue weighted by molar-refractivity contribution is 5.99. The first-order valence-electron chi connectivity index (χ1n) is 8.19. The van der Waals surface area contributed by atoms with E-state index in [1.165, 1.54) is 6.20 Å². The maximum absolute atomic E-state index is 12.7. The highest BCUT2D eigenvalue weighted by Gasteiger charge is 2.24. The average molecular weight is 326 g/mol. The van der Waals surface area contributed by atoms with E-state index in [-0.39, 0.29) is 17.9 Å². The van der Waals surface area contributed by atoms with E-state index < -0.39 is 0 Å². The Morgan fingerprint density at radius 1 is 1.21 bits per heavy atom. The van der Waals surface area contributed by atoms with Crippen LogP contribution in [0.15, 0.2) is 36.5 Å². The van der Waals surface area contributed by atoms with Crippen LogP contribution in [0.2, 0.25) is 0 Å². The summed E-state index contributed by atoms with van der Waals surface area (Å²) >= 11 is 0. The van der Waals surface area contributed by atoms with Crippen molar-refractivity contribution in [3.8, 4) is 11.3 Å². The van der Waals surface area contributed by atoms with Gasteiger partial charge in [-0.3, -0.25) is 4.79 Å². The molecule has 6 heteroatoms. The Morgan fingerprint density at radius 3 is 2.58 bits per heavy atom. The summed E-state index contributed by atoms with van der Waals surface area (Å²) in [5.41, 5.74) is 7.57. The van der Waals surface area contributed by atoms with Crippen molar-refractivity contribution in [2.24, 2.45) is 0 Å². The SMILES string of the molecule is COC1CCC(NC(=O)c2cnc(N)nc2-c2ccccc2)CC1. The smallest absolute Gasteiger partial charge is 0.255 e. The highest BCUT2D eigenvalue weighted by atomic mass is 16.5. The predicted octanol–water partition coefficient (Wildman–Crippen LogP) is 2.41. The standard InChI is InChI=1S/C18H22N4O2/c1-24-14-9-7-13(8-10-14)21-17(23)15-11-20-18(19)22-16(15)12-5-3-2-4-6-12/h2-6,11,13-14H,7-10H2,1H3,(H,21,23)(H2,19,20,22). The van der Waals surface area contributed by atoms with Gasteiger partial charge in [-0.2, -0.15) is 0 Å². The predicted molar refractivity (Wildman–Crippen MR) is 92.4 cm³/mol. The number of amides is 1. The molecule has 0 atom stereocenters. The minimum Gasteiger partial charge on any atom is -0.381 e. The molecule has 6 nitrogen and oxygen atoms in total. The lowest BCUT2D eigenvalue weighted by Crippen LogP contribution is -2.39. The number of nitrogens with one attached hydrogen (secondary N) is 1. The number of hydrogen-bond donors (Lipinski definition) is 2. The fraction of sp³-hybridized carbons (Fsp3) is 0.389. The third-order valence-corrected chi connectivity index (χ3v) is 4.44. The van der Waals surface area contributed by atoms with Crippen LogP contribution in [-0.4, -0.2) is 35.1 Å². The van der Waals surface area contributed by atoms with E-state index >= 15 is 0 Å². The molecule has 3 rings (SSSR count). The molecule has 1 saturated carbocycles. The normalized spacial score (nSPS) is 20.5. The van der Waals surface area contributed by atoms with Gasteiger partial charge in [-0.05, 0) is 25.7 Å². The number of carbonyl (C=O) groups excluding carboxylic acids is 1. The Labute approximate surface area is 141 Å². The minimum absolute atomic E-state index is 0.157. The molecular weight excluding hydrogens is 304 g/mol. The number of nitrogens with zero attached hydrogens (tertiary/aromatic N) is 2. The summed E-state index contributed by atoms with van der Waals surface area (Å²) in [4.78, 5) is 21.0. The molecule has 0 radical (unpaired) electrons. The zero-order valence-corrected chi connectivity index (χ0v) is 13.7. The first-order chi connectivity index (χ1) is 11.7. The zero-order valence-electron chi connectivity index (χ0n) is 13.7. The fourth-order valence-electron chi connectivity index (χ4n) is 3.08. The van der Waals surface area contributed by atoms with Gasteiger partial charge in [0, 0.05) is 24.9 Å². The maximum atomic E-state index is 12.7. The van der Waals surface area contributed by atoms with Gasteiger partial charge in [0.05, 0.1) is 17.4 Å². The number of carbonyl (C=O) groups is 1. The number of benzene rings is 1. The molecule has 0 unspecified atom stereocenters. The molecule has 0 aliphatic heterocycles. The molecule has 0 spiro atoms. The third-order valence-electron chi connectivity index (χ3n) is 4.44. The lowest BCUT2D eigenvalue weighted by molar-refractivity contribution is 0.0599. The van der Waals surface area contributed by atoms with E-state index in [0.717, 1.165) is 31.2 Å². The van der Waals surface area contributed by atoms with Gasteiger partial charge in [0.2, 0.25) is 5.95 Å². The molecule has 2 aromatic rings. The van der Waals surface area contributed by atoms with Crippen LogP contribution >= 0.6 is 0 Å². The van der Waals surface area contributed by atoms with Crippen molar-refractivity contribution < 1.29 is 9.53 Å². The molecule has 1 fully saturated rings. The Balaban J connectivity index is 1.78.